The van der Waals surface area contributed by atoms with E-state index in [1.807, 2.05) is 0 Å². The average molecular weight is 343 g/mol. The summed E-state index contributed by atoms with van der Waals surface area (Å²) in [5.41, 5.74) is 5.86. The Morgan fingerprint density at radius 2 is 1.71 bits per heavy atom. The van der Waals surface area contributed by atoms with E-state index < -0.39 is 0 Å². The van der Waals surface area contributed by atoms with Gasteiger partial charge < -0.3 is 4.40 Å². The van der Waals surface area contributed by atoms with E-state index in [0.29, 0.717) is 0 Å². The molecule has 3 heteroatoms. The molecule has 0 saturated heterocycles. The third-order valence-electron chi connectivity index (χ3n) is 3.78. The second-order valence-electron chi connectivity index (χ2n) is 6.52. The predicted molar refractivity (Wildman–Crippen MR) is 91.8 cm³/mol. The molecule has 108 valence electrons. The Balaban J connectivity index is 2.04. The zero-order valence-electron chi connectivity index (χ0n) is 12.8. The number of imidazole rings is 1. The lowest BCUT2D eigenvalue weighted by Crippen LogP contribution is -2.10. The van der Waals surface area contributed by atoms with Crippen LogP contribution in [-0.4, -0.2) is 9.38 Å². The number of hydrogen-bond donors (Lipinski definition) is 0. The molecule has 2 nitrogen and oxygen atoms in total. The summed E-state index contributed by atoms with van der Waals surface area (Å²) >= 11 is 3.56. The Bertz CT molecular complexity index is 753. The Morgan fingerprint density at radius 3 is 2.33 bits per heavy atom. The molecule has 0 aliphatic carbocycles. The molecule has 0 unspecified atom stereocenters. The Labute approximate surface area is 134 Å². The number of aromatic nitrogens is 2. The molecular formula is C18H19BrN2. The van der Waals surface area contributed by atoms with Gasteiger partial charge in [0, 0.05) is 22.4 Å². The summed E-state index contributed by atoms with van der Waals surface area (Å²) in [6.45, 7) is 8.77. The van der Waals surface area contributed by atoms with Gasteiger partial charge in [0.05, 0.1) is 5.69 Å². The first-order chi connectivity index (χ1) is 9.84. The fourth-order valence-electron chi connectivity index (χ4n) is 2.38. The zero-order valence-corrected chi connectivity index (χ0v) is 14.4. The van der Waals surface area contributed by atoms with E-state index >= 15 is 0 Å². The van der Waals surface area contributed by atoms with E-state index in [0.717, 1.165) is 21.4 Å². The number of halogens is 1. The summed E-state index contributed by atoms with van der Waals surface area (Å²) in [7, 11) is 0. The molecule has 2 aromatic heterocycles. The number of nitrogens with zero attached hydrogens (tertiary/aromatic N) is 2. The average Bonchev–Trinajstić information content (AvgIpc) is 2.81. The summed E-state index contributed by atoms with van der Waals surface area (Å²) in [6.07, 6.45) is 4.14. The minimum Gasteiger partial charge on any atom is -0.305 e. The molecule has 0 aliphatic heterocycles. The SMILES string of the molecule is Cc1cc2nc(-c3ccc(C(C)(C)C)cc3)cn2cc1Br. The second kappa shape index (κ2) is 4.99. The van der Waals surface area contributed by atoms with Gasteiger partial charge in [-0.3, -0.25) is 0 Å². The summed E-state index contributed by atoms with van der Waals surface area (Å²) in [5, 5.41) is 0. The number of rotatable bonds is 1. The van der Waals surface area contributed by atoms with Gasteiger partial charge in [-0.15, -0.1) is 0 Å². The molecule has 0 spiro atoms. The van der Waals surface area contributed by atoms with Crippen LogP contribution < -0.4 is 0 Å². The highest BCUT2D eigenvalue weighted by Crippen LogP contribution is 2.27. The van der Waals surface area contributed by atoms with Crippen LogP contribution in [0, 0.1) is 6.92 Å². The van der Waals surface area contributed by atoms with E-state index in [9.17, 15) is 0 Å². The molecule has 0 saturated carbocycles. The van der Waals surface area contributed by atoms with Crippen LogP contribution in [0.5, 0.6) is 0 Å². The second-order valence-corrected chi connectivity index (χ2v) is 7.38. The van der Waals surface area contributed by atoms with Gasteiger partial charge in [-0.2, -0.15) is 0 Å². The summed E-state index contributed by atoms with van der Waals surface area (Å²) < 4.78 is 3.16. The normalized spacial score (nSPS) is 12.0. The topological polar surface area (TPSA) is 17.3 Å². The maximum atomic E-state index is 4.72. The van der Waals surface area contributed by atoms with Crippen molar-refractivity contribution in [3.8, 4) is 11.3 Å². The van der Waals surface area contributed by atoms with Crippen molar-refractivity contribution in [1.29, 1.82) is 0 Å². The van der Waals surface area contributed by atoms with Crippen LogP contribution >= 0.6 is 15.9 Å². The standard InChI is InChI=1S/C18H19BrN2/c1-12-9-17-20-16(11-21(17)10-15(12)19)13-5-7-14(8-6-13)18(2,3)4/h5-11H,1-4H3. The first-order valence-corrected chi connectivity index (χ1v) is 7.90. The van der Waals surface area contributed by atoms with E-state index in [2.05, 4.69) is 90.8 Å². The molecule has 3 aromatic rings. The highest BCUT2D eigenvalue weighted by atomic mass is 79.9. The molecule has 1 aromatic carbocycles. The van der Waals surface area contributed by atoms with E-state index in [-0.39, 0.29) is 5.41 Å². The predicted octanol–water partition coefficient (Wildman–Crippen LogP) is 5.37. The van der Waals surface area contributed by atoms with Crippen LogP contribution in [0.3, 0.4) is 0 Å². The number of fused-ring (bicyclic) bond motifs is 1. The van der Waals surface area contributed by atoms with Gasteiger partial charge in [-0.25, -0.2) is 4.98 Å². The van der Waals surface area contributed by atoms with Crippen LogP contribution in [0.1, 0.15) is 31.9 Å². The van der Waals surface area contributed by atoms with Crippen molar-refractivity contribution in [3.63, 3.8) is 0 Å². The lowest BCUT2D eigenvalue weighted by molar-refractivity contribution is 0.590. The van der Waals surface area contributed by atoms with Gasteiger partial charge in [0.25, 0.3) is 0 Å². The first-order valence-electron chi connectivity index (χ1n) is 7.10. The van der Waals surface area contributed by atoms with Crippen LogP contribution in [-0.2, 0) is 5.41 Å². The van der Waals surface area contributed by atoms with Gasteiger partial charge in [0.15, 0.2) is 0 Å². The fraction of sp³-hybridized carbons (Fsp3) is 0.278. The Hall–Kier alpha value is -1.61. The molecule has 0 aliphatic rings. The molecule has 2 heterocycles. The van der Waals surface area contributed by atoms with Gasteiger partial charge >= 0.3 is 0 Å². The van der Waals surface area contributed by atoms with Crippen molar-refractivity contribution in [1.82, 2.24) is 9.38 Å². The van der Waals surface area contributed by atoms with E-state index in [1.165, 1.54) is 11.1 Å². The third-order valence-corrected chi connectivity index (χ3v) is 4.61. The highest BCUT2D eigenvalue weighted by Gasteiger charge is 2.13. The van der Waals surface area contributed by atoms with Crippen molar-refractivity contribution in [2.75, 3.05) is 0 Å². The lowest BCUT2D eigenvalue weighted by Gasteiger charge is -2.18. The van der Waals surface area contributed by atoms with Crippen LogP contribution in [0.25, 0.3) is 16.9 Å². The van der Waals surface area contributed by atoms with Crippen molar-refractivity contribution < 1.29 is 0 Å². The molecule has 0 atom stereocenters. The number of pyridine rings is 1. The first kappa shape index (κ1) is 14.3. The molecule has 0 N–H and O–H groups in total. The Kier molecular flexibility index (Phi) is 3.40. The van der Waals surface area contributed by atoms with Gasteiger partial charge in [-0.1, -0.05) is 45.0 Å². The minimum absolute atomic E-state index is 0.180. The molecular weight excluding hydrogens is 324 g/mol. The smallest absolute Gasteiger partial charge is 0.137 e. The van der Waals surface area contributed by atoms with Crippen molar-refractivity contribution >= 4 is 21.6 Å². The van der Waals surface area contributed by atoms with Gasteiger partial charge in [-0.05, 0) is 45.5 Å². The van der Waals surface area contributed by atoms with Gasteiger partial charge in [0.1, 0.15) is 5.65 Å². The molecule has 3 rings (SSSR count). The number of aryl methyl sites for hydroxylation is 1. The quantitative estimate of drug-likeness (QED) is 0.581. The molecule has 21 heavy (non-hydrogen) atoms. The lowest BCUT2D eigenvalue weighted by atomic mass is 9.86. The fourth-order valence-corrected chi connectivity index (χ4v) is 2.72. The van der Waals surface area contributed by atoms with Crippen LogP contribution in [0.2, 0.25) is 0 Å². The summed E-state index contributed by atoms with van der Waals surface area (Å²) in [4.78, 5) is 4.72. The number of benzene rings is 1. The third kappa shape index (κ3) is 2.75. The van der Waals surface area contributed by atoms with E-state index in [4.69, 9.17) is 4.98 Å². The van der Waals surface area contributed by atoms with E-state index in [1.54, 1.807) is 0 Å². The summed E-state index contributed by atoms with van der Waals surface area (Å²) in [6, 6.07) is 10.8. The molecule has 0 radical (unpaired) electrons. The monoisotopic (exact) mass is 342 g/mol. The van der Waals surface area contributed by atoms with Crippen molar-refractivity contribution in [3.05, 3.63) is 58.3 Å². The molecule has 0 fully saturated rings. The van der Waals surface area contributed by atoms with Crippen molar-refractivity contribution in [2.24, 2.45) is 0 Å². The van der Waals surface area contributed by atoms with Crippen molar-refractivity contribution in [2.45, 2.75) is 33.1 Å². The van der Waals surface area contributed by atoms with Crippen LogP contribution in [0.4, 0.5) is 0 Å². The maximum Gasteiger partial charge on any atom is 0.137 e. The Morgan fingerprint density at radius 1 is 1.05 bits per heavy atom. The zero-order chi connectivity index (χ0) is 15.2. The minimum atomic E-state index is 0.180. The largest absolute Gasteiger partial charge is 0.305 e. The summed E-state index contributed by atoms with van der Waals surface area (Å²) in [5.74, 6) is 0. The highest BCUT2D eigenvalue weighted by molar-refractivity contribution is 9.10. The molecule has 0 amide bonds. The molecule has 0 bridgehead atoms. The van der Waals surface area contributed by atoms with Crippen LogP contribution in [0.15, 0.2) is 47.2 Å². The maximum absolute atomic E-state index is 4.72. The van der Waals surface area contributed by atoms with Gasteiger partial charge in [0.2, 0.25) is 0 Å². The number of hydrogen-bond acceptors (Lipinski definition) is 1.